The molecule has 1 aromatic carbocycles. The first-order valence-corrected chi connectivity index (χ1v) is 8.71. The maximum absolute atomic E-state index is 5.83. The molecule has 4 rings (SSSR count). The van der Waals surface area contributed by atoms with Crippen LogP contribution >= 0.6 is 15.9 Å². The maximum Gasteiger partial charge on any atom is 0.172 e. The van der Waals surface area contributed by atoms with Gasteiger partial charge in [-0.25, -0.2) is 9.97 Å². The number of hydrogen-bond acceptors (Lipinski definition) is 5. The van der Waals surface area contributed by atoms with Gasteiger partial charge in [0.2, 0.25) is 0 Å². The zero-order chi connectivity index (χ0) is 16.0. The lowest BCUT2D eigenvalue weighted by atomic mass is 10.1. The van der Waals surface area contributed by atoms with Crippen molar-refractivity contribution in [3.63, 3.8) is 0 Å². The number of fused-ring (bicyclic) bond motifs is 3. The van der Waals surface area contributed by atoms with Gasteiger partial charge in [-0.05, 0) is 32.0 Å². The van der Waals surface area contributed by atoms with Crippen LogP contribution in [0.5, 0.6) is 0 Å². The molecule has 1 N–H and O–H groups in total. The Morgan fingerprint density at radius 2 is 2.04 bits per heavy atom. The van der Waals surface area contributed by atoms with Gasteiger partial charge in [-0.15, -0.1) is 0 Å². The van der Waals surface area contributed by atoms with Gasteiger partial charge in [0.15, 0.2) is 5.58 Å². The highest BCUT2D eigenvalue weighted by atomic mass is 79.9. The Balaban J connectivity index is 1.73. The number of furan rings is 1. The molecule has 2 aromatic heterocycles. The number of nitrogens with zero attached hydrogens (tertiary/aromatic N) is 3. The molecule has 1 aliphatic rings. The summed E-state index contributed by atoms with van der Waals surface area (Å²) >= 11 is 3.52. The molecule has 0 unspecified atom stereocenters. The Hall–Kier alpha value is -1.50. The molecule has 6 heteroatoms. The number of benzene rings is 1. The number of hydrogen-bond donors (Lipinski definition) is 1. The summed E-state index contributed by atoms with van der Waals surface area (Å²) in [5, 5.41) is 4.48. The van der Waals surface area contributed by atoms with Crippen molar-refractivity contribution >= 4 is 38.0 Å². The lowest BCUT2D eigenvalue weighted by molar-refractivity contribution is 0.105. The Morgan fingerprint density at radius 1 is 1.26 bits per heavy atom. The second-order valence-corrected chi connectivity index (χ2v) is 7.19. The third kappa shape index (κ3) is 2.75. The normalized spacial score (nSPS) is 22.9. The highest BCUT2D eigenvalue weighted by Crippen LogP contribution is 2.29. The average molecular weight is 375 g/mol. The number of rotatable bonds is 2. The first-order valence-electron chi connectivity index (χ1n) is 7.92. The Labute approximate surface area is 143 Å². The lowest BCUT2D eigenvalue weighted by Gasteiger charge is -2.38. The highest BCUT2D eigenvalue weighted by molar-refractivity contribution is 9.10. The fourth-order valence-electron chi connectivity index (χ4n) is 3.29. The van der Waals surface area contributed by atoms with E-state index in [0.29, 0.717) is 12.1 Å². The Morgan fingerprint density at radius 3 is 2.83 bits per heavy atom. The van der Waals surface area contributed by atoms with E-state index < -0.39 is 0 Å². The van der Waals surface area contributed by atoms with Gasteiger partial charge in [-0.2, -0.15) is 0 Å². The largest absolute Gasteiger partial charge is 0.453 e. The molecule has 23 heavy (non-hydrogen) atoms. The number of halogens is 1. The van der Waals surface area contributed by atoms with Gasteiger partial charge < -0.3 is 9.73 Å². The van der Waals surface area contributed by atoms with Crippen LogP contribution < -0.4 is 5.32 Å². The van der Waals surface area contributed by atoms with Crippen molar-refractivity contribution in [1.82, 2.24) is 20.2 Å². The smallest absolute Gasteiger partial charge is 0.172 e. The van der Waals surface area contributed by atoms with Gasteiger partial charge in [0.25, 0.3) is 0 Å². The molecule has 0 radical (unpaired) electrons. The summed E-state index contributed by atoms with van der Waals surface area (Å²) in [4.78, 5) is 11.7. The third-order valence-corrected chi connectivity index (χ3v) is 5.05. The molecule has 1 saturated heterocycles. The van der Waals surface area contributed by atoms with Crippen LogP contribution in [0.25, 0.3) is 22.1 Å². The molecule has 120 valence electrons. The van der Waals surface area contributed by atoms with Crippen LogP contribution in [0.4, 0.5) is 0 Å². The first-order chi connectivity index (χ1) is 11.1. The van der Waals surface area contributed by atoms with E-state index in [2.05, 4.69) is 45.0 Å². The summed E-state index contributed by atoms with van der Waals surface area (Å²) in [6, 6.07) is 6.94. The summed E-state index contributed by atoms with van der Waals surface area (Å²) < 4.78 is 6.85. The summed E-state index contributed by atoms with van der Waals surface area (Å²) in [6.45, 7) is 7.26. The van der Waals surface area contributed by atoms with Crippen molar-refractivity contribution in [2.75, 3.05) is 13.1 Å². The fourth-order valence-corrected chi connectivity index (χ4v) is 3.65. The van der Waals surface area contributed by atoms with Gasteiger partial charge in [-0.1, -0.05) is 15.9 Å². The molecule has 0 bridgehead atoms. The van der Waals surface area contributed by atoms with Crippen molar-refractivity contribution in [2.24, 2.45) is 0 Å². The van der Waals surface area contributed by atoms with Crippen LogP contribution in [0, 0.1) is 0 Å². The molecule has 3 heterocycles. The minimum absolute atomic E-state index is 0.480. The van der Waals surface area contributed by atoms with E-state index in [9.17, 15) is 0 Å². The number of piperazine rings is 1. The summed E-state index contributed by atoms with van der Waals surface area (Å²) in [5.41, 5.74) is 2.48. The number of nitrogens with one attached hydrogen (secondary N) is 1. The molecule has 0 aliphatic carbocycles. The molecular formula is C17H19BrN4O. The second-order valence-electron chi connectivity index (χ2n) is 6.27. The minimum Gasteiger partial charge on any atom is -0.453 e. The second kappa shape index (κ2) is 5.85. The van der Waals surface area contributed by atoms with Crippen LogP contribution in [-0.4, -0.2) is 40.0 Å². The molecule has 1 fully saturated rings. The van der Waals surface area contributed by atoms with E-state index >= 15 is 0 Å². The quantitative estimate of drug-likeness (QED) is 0.745. The zero-order valence-electron chi connectivity index (χ0n) is 13.2. The molecule has 1 aliphatic heterocycles. The molecule has 0 amide bonds. The van der Waals surface area contributed by atoms with Gasteiger partial charge in [-0.3, -0.25) is 4.90 Å². The topological polar surface area (TPSA) is 54.2 Å². The van der Waals surface area contributed by atoms with E-state index in [-0.39, 0.29) is 0 Å². The van der Waals surface area contributed by atoms with E-state index in [1.807, 2.05) is 18.2 Å². The van der Waals surface area contributed by atoms with Gasteiger partial charge in [0.1, 0.15) is 16.9 Å². The van der Waals surface area contributed by atoms with Crippen molar-refractivity contribution in [1.29, 1.82) is 0 Å². The van der Waals surface area contributed by atoms with Crippen molar-refractivity contribution < 1.29 is 4.42 Å². The van der Waals surface area contributed by atoms with Crippen molar-refractivity contribution in [3.05, 3.63) is 34.7 Å². The van der Waals surface area contributed by atoms with E-state index in [1.165, 1.54) is 0 Å². The van der Waals surface area contributed by atoms with Gasteiger partial charge >= 0.3 is 0 Å². The minimum atomic E-state index is 0.480. The molecule has 2 atom stereocenters. The van der Waals surface area contributed by atoms with E-state index in [0.717, 1.165) is 52.0 Å². The van der Waals surface area contributed by atoms with Gasteiger partial charge in [0, 0.05) is 35.0 Å². The molecule has 0 spiro atoms. The number of aromatic nitrogens is 2. The van der Waals surface area contributed by atoms with E-state index in [4.69, 9.17) is 9.40 Å². The Bertz CT molecular complexity index is 852. The zero-order valence-corrected chi connectivity index (χ0v) is 14.8. The third-order valence-electron chi connectivity index (χ3n) is 4.56. The molecule has 0 saturated carbocycles. The SMILES string of the molecule is C[C@@H]1CNC[C@H](C)N1Cc1ncc2oc3ccc(Br)cc3c2n1. The summed E-state index contributed by atoms with van der Waals surface area (Å²) in [6.07, 6.45) is 1.79. The average Bonchev–Trinajstić information content (AvgIpc) is 2.88. The van der Waals surface area contributed by atoms with Crippen molar-refractivity contribution in [2.45, 2.75) is 32.5 Å². The van der Waals surface area contributed by atoms with Crippen LogP contribution in [-0.2, 0) is 6.54 Å². The van der Waals surface area contributed by atoms with Gasteiger partial charge in [0.05, 0.1) is 12.7 Å². The van der Waals surface area contributed by atoms with Crippen LogP contribution in [0.3, 0.4) is 0 Å². The standard InChI is InChI=1S/C17H19BrN4O/c1-10-6-19-7-11(2)22(10)9-16-20-8-15-17(21-16)13-5-12(18)3-4-14(13)23-15/h3-5,8,10-11,19H,6-7,9H2,1-2H3/t10-,11+. The maximum atomic E-state index is 5.83. The van der Waals surface area contributed by atoms with Crippen molar-refractivity contribution in [3.8, 4) is 0 Å². The monoisotopic (exact) mass is 374 g/mol. The highest BCUT2D eigenvalue weighted by Gasteiger charge is 2.25. The first kappa shape index (κ1) is 15.1. The summed E-state index contributed by atoms with van der Waals surface area (Å²) in [5.74, 6) is 0.848. The molecule has 5 nitrogen and oxygen atoms in total. The fraction of sp³-hybridized carbons (Fsp3) is 0.412. The van der Waals surface area contributed by atoms with Crippen LogP contribution in [0.1, 0.15) is 19.7 Å². The van der Waals surface area contributed by atoms with E-state index in [1.54, 1.807) is 6.20 Å². The predicted molar refractivity (Wildman–Crippen MR) is 94.3 cm³/mol. The Kier molecular flexibility index (Phi) is 3.83. The molecule has 3 aromatic rings. The lowest BCUT2D eigenvalue weighted by Crippen LogP contribution is -2.54. The van der Waals surface area contributed by atoms with Crippen LogP contribution in [0.15, 0.2) is 33.3 Å². The van der Waals surface area contributed by atoms with Crippen LogP contribution in [0.2, 0.25) is 0 Å². The molecular weight excluding hydrogens is 356 g/mol. The summed E-state index contributed by atoms with van der Waals surface area (Å²) in [7, 11) is 0. The predicted octanol–water partition coefficient (Wildman–Crippen LogP) is 3.32.